The molecule has 0 spiro atoms. The van der Waals surface area contributed by atoms with E-state index in [0.717, 1.165) is 31.6 Å². The molecule has 1 saturated heterocycles. The number of aromatic nitrogens is 1. The van der Waals surface area contributed by atoms with Gasteiger partial charge in [-0.05, 0) is 68.6 Å². The van der Waals surface area contributed by atoms with Crippen molar-refractivity contribution < 1.29 is 13.2 Å². The Morgan fingerprint density at radius 3 is 2.55 bits per heavy atom. The van der Waals surface area contributed by atoms with Gasteiger partial charge in [-0.3, -0.25) is 4.79 Å². The van der Waals surface area contributed by atoms with E-state index in [4.69, 9.17) is 0 Å². The Hall–Kier alpha value is -1.94. The number of piperazine rings is 1. The number of carbonyl (C=O) groups is 1. The predicted molar refractivity (Wildman–Crippen MR) is 123 cm³/mol. The first-order valence-corrected chi connectivity index (χ1v) is 12.9. The molecule has 0 radical (unpaired) electrons. The summed E-state index contributed by atoms with van der Waals surface area (Å²) in [4.78, 5) is 19.2. The van der Waals surface area contributed by atoms with E-state index in [2.05, 4.69) is 27.3 Å². The van der Waals surface area contributed by atoms with Crippen LogP contribution in [0, 0.1) is 0 Å². The van der Waals surface area contributed by atoms with Crippen molar-refractivity contribution in [2.45, 2.75) is 41.4 Å². The number of nitrogens with zero attached hydrogens (tertiary/aromatic N) is 3. The van der Waals surface area contributed by atoms with Gasteiger partial charge in [0.25, 0.3) is 0 Å². The van der Waals surface area contributed by atoms with Gasteiger partial charge in [-0.15, -0.1) is 0 Å². The van der Waals surface area contributed by atoms with E-state index in [-0.39, 0.29) is 16.1 Å². The molecule has 0 unspecified atom stereocenters. The summed E-state index contributed by atoms with van der Waals surface area (Å²) in [5, 5.41) is 3.24. The molecular formula is C22H28N4O3S2. The lowest BCUT2D eigenvalue weighted by atomic mass is 10.1. The van der Waals surface area contributed by atoms with Crippen molar-refractivity contribution in [1.29, 1.82) is 0 Å². The number of hydrogen-bond donors (Lipinski definition) is 1. The molecule has 4 rings (SSSR count). The monoisotopic (exact) mass is 460 g/mol. The smallest absolute Gasteiger partial charge is 0.244 e. The topological polar surface area (TPSA) is 82.6 Å². The fraction of sp³-hybridized carbons (Fsp3) is 0.455. The van der Waals surface area contributed by atoms with E-state index in [1.165, 1.54) is 39.8 Å². The minimum absolute atomic E-state index is 0.0983. The van der Waals surface area contributed by atoms with E-state index < -0.39 is 10.0 Å². The fourth-order valence-corrected chi connectivity index (χ4v) is 6.05. The zero-order valence-electron chi connectivity index (χ0n) is 17.9. The van der Waals surface area contributed by atoms with Gasteiger partial charge in [0, 0.05) is 38.1 Å². The third-order valence-electron chi connectivity index (χ3n) is 5.84. The van der Waals surface area contributed by atoms with Gasteiger partial charge in [0.2, 0.25) is 15.9 Å². The predicted octanol–water partition coefficient (Wildman–Crippen LogP) is 2.63. The van der Waals surface area contributed by atoms with Crippen molar-refractivity contribution in [2.24, 2.45) is 0 Å². The Morgan fingerprint density at radius 1 is 1.10 bits per heavy atom. The number of thioether (sulfide) groups is 1. The van der Waals surface area contributed by atoms with Crippen molar-refractivity contribution in [3.8, 4) is 0 Å². The lowest BCUT2D eigenvalue weighted by molar-refractivity contribution is -0.115. The summed E-state index contributed by atoms with van der Waals surface area (Å²) in [6.07, 6.45) is 4.74. The molecule has 2 heterocycles. The van der Waals surface area contributed by atoms with Crippen LogP contribution in [0.4, 0.5) is 5.69 Å². The molecule has 1 aliphatic heterocycles. The molecule has 1 amide bonds. The maximum Gasteiger partial charge on any atom is 0.244 e. The first-order chi connectivity index (χ1) is 14.8. The van der Waals surface area contributed by atoms with Crippen LogP contribution < -0.4 is 5.32 Å². The zero-order chi connectivity index (χ0) is 22.0. The third kappa shape index (κ3) is 5.11. The molecule has 9 heteroatoms. The fourth-order valence-electron chi connectivity index (χ4n) is 3.89. The minimum Gasteiger partial charge on any atom is -0.325 e. The molecular weight excluding hydrogens is 432 g/mol. The Bertz CT molecular complexity index is 1050. The van der Waals surface area contributed by atoms with Crippen LogP contribution in [0.15, 0.2) is 46.5 Å². The molecule has 1 N–H and O–H groups in total. The van der Waals surface area contributed by atoms with Gasteiger partial charge in [0.1, 0.15) is 4.90 Å². The summed E-state index contributed by atoms with van der Waals surface area (Å²) in [7, 11) is -1.55. The number of carbonyl (C=O) groups excluding carboxylic acids is 1. The number of sulfonamides is 1. The van der Waals surface area contributed by atoms with Crippen molar-refractivity contribution in [3.63, 3.8) is 0 Å². The van der Waals surface area contributed by atoms with Crippen molar-refractivity contribution >= 4 is 33.4 Å². The van der Waals surface area contributed by atoms with Crippen LogP contribution in [0.25, 0.3) is 0 Å². The van der Waals surface area contributed by atoms with Crippen molar-refractivity contribution in [2.75, 3.05) is 38.5 Å². The normalized spacial score (nSPS) is 18.5. The van der Waals surface area contributed by atoms with Crippen LogP contribution in [0.1, 0.15) is 24.5 Å². The second-order valence-electron chi connectivity index (χ2n) is 8.13. The number of rotatable bonds is 6. The summed E-state index contributed by atoms with van der Waals surface area (Å²) in [5.41, 5.74) is 3.51. The average Bonchev–Trinajstić information content (AvgIpc) is 3.22. The summed E-state index contributed by atoms with van der Waals surface area (Å²) in [6, 6.07) is 9.36. The van der Waals surface area contributed by atoms with Gasteiger partial charge < -0.3 is 10.2 Å². The van der Waals surface area contributed by atoms with Crippen LogP contribution in [0.2, 0.25) is 0 Å². The standard InChI is InChI=1S/C22H28N4O3S2/c1-16(22(27)24-19-7-6-17-4-3-5-18(17)14-19)30-21-9-8-20(15-23-21)31(28,29)26-12-10-25(2)11-13-26/h6-9,14-16H,3-5,10-13H2,1-2H3,(H,24,27)/t16-/m0/s1. The van der Waals surface area contributed by atoms with Crippen LogP contribution in [-0.2, 0) is 27.7 Å². The second kappa shape index (κ2) is 9.28. The first-order valence-electron chi connectivity index (χ1n) is 10.6. The molecule has 1 aromatic heterocycles. The van der Waals surface area contributed by atoms with Crippen molar-refractivity contribution in [1.82, 2.24) is 14.2 Å². The summed E-state index contributed by atoms with van der Waals surface area (Å²) in [5.74, 6) is -0.0983. The highest BCUT2D eigenvalue weighted by atomic mass is 32.2. The molecule has 1 aliphatic carbocycles. The van der Waals surface area contributed by atoms with Crippen molar-refractivity contribution in [3.05, 3.63) is 47.7 Å². The molecule has 166 valence electrons. The number of aryl methyl sites for hydroxylation is 2. The first kappa shape index (κ1) is 22.3. The molecule has 1 aromatic carbocycles. The molecule has 0 saturated carbocycles. The summed E-state index contributed by atoms with van der Waals surface area (Å²) in [6.45, 7) is 4.23. The lowest BCUT2D eigenvalue weighted by Gasteiger charge is -2.31. The van der Waals surface area contributed by atoms with E-state index in [1.807, 2.05) is 20.0 Å². The average molecular weight is 461 g/mol. The van der Waals surface area contributed by atoms with Gasteiger partial charge in [-0.1, -0.05) is 17.8 Å². The molecule has 0 bridgehead atoms. The SMILES string of the molecule is C[C@H](Sc1ccc(S(=O)(=O)N2CCN(C)CC2)cn1)C(=O)Nc1ccc2c(c1)CCC2. The van der Waals surface area contributed by atoms with Gasteiger partial charge in [0.05, 0.1) is 10.3 Å². The number of anilines is 1. The van der Waals surface area contributed by atoms with Crippen LogP contribution in [0.5, 0.6) is 0 Å². The molecule has 2 aromatic rings. The van der Waals surface area contributed by atoms with Crippen LogP contribution >= 0.6 is 11.8 Å². The summed E-state index contributed by atoms with van der Waals surface area (Å²) >= 11 is 1.31. The van der Waals surface area contributed by atoms with Gasteiger partial charge in [-0.2, -0.15) is 4.31 Å². The van der Waals surface area contributed by atoms with Gasteiger partial charge in [-0.25, -0.2) is 13.4 Å². The molecule has 1 fully saturated rings. The lowest BCUT2D eigenvalue weighted by Crippen LogP contribution is -2.47. The zero-order valence-corrected chi connectivity index (χ0v) is 19.5. The van der Waals surface area contributed by atoms with Crippen LogP contribution in [0.3, 0.4) is 0 Å². The molecule has 7 nitrogen and oxygen atoms in total. The Morgan fingerprint density at radius 2 is 1.84 bits per heavy atom. The number of pyridine rings is 1. The highest BCUT2D eigenvalue weighted by molar-refractivity contribution is 8.00. The second-order valence-corrected chi connectivity index (χ2v) is 11.4. The van der Waals surface area contributed by atoms with Gasteiger partial charge >= 0.3 is 0 Å². The molecule has 1 atom stereocenters. The number of benzene rings is 1. The van der Waals surface area contributed by atoms with E-state index >= 15 is 0 Å². The van der Waals surface area contributed by atoms with E-state index in [0.29, 0.717) is 18.1 Å². The van der Waals surface area contributed by atoms with E-state index in [1.54, 1.807) is 12.1 Å². The number of hydrogen-bond acceptors (Lipinski definition) is 6. The minimum atomic E-state index is -3.54. The number of nitrogens with one attached hydrogen (secondary N) is 1. The largest absolute Gasteiger partial charge is 0.325 e. The van der Waals surface area contributed by atoms with Gasteiger partial charge in [0.15, 0.2) is 0 Å². The Kier molecular flexibility index (Phi) is 6.66. The number of likely N-dealkylation sites (N-methyl/N-ethyl adjacent to an activating group) is 1. The highest BCUT2D eigenvalue weighted by Crippen LogP contribution is 2.27. The highest BCUT2D eigenvalue weighted by Gasteiger charge is 2.28. The number of fused-ring (bicyclic) bond motifs is 1. The number of amides is 1. The maximum absolute atomic E-state index is 12.8. The third-order valence-corrected chi connectivity index (χ3v) is 8.77. The Labute approximate surface area is 188 Å². The quantitative estimate of drug-likeness (QED) is 0.668. The van der Waals surface area contributed by atoms with Crippen LogP contribution in [-0.4, -0.2) is 67.0 Å². The molecule has 2 aliphatic rings. The summed E-state index contributed by atoms with van der Waals surface area (Å²) < 4.78 is 27.1. The maximum atomic E-state index is 12.8. The van der Waals surface area contributed by atoms with E-state index in [9.17, 15) is 13.2 Å². The Balaban J connectivity index is 1.36. The molecule has 31 heavy (non-hydrogen) atoms.